The topological polar surface area (TPSA) is 320 Å². The minimum atomic E-state index is -4.61. The second-order valence-corrected chi connectivity index (χ2v) is 16.8. The predicted molar refractivity (Wildman–Crippen MR) is 256 cm³/mol. The van der Waals surface area contributed by atoms with E-state index in [0.29, 0.717) is 18.0 Å². The fourth-order valence-corrected chi connectivity index (χ4v) is 6.62. The molecule has 2 aromatic carbocycles. The Kier molecular flexibility index (Phi) is 22.0. The Labute approximate surface area is 424 Å². The summed E-state index contributed by atoms with van der Waals surface area (Å²) in [7, 11) is 1.15. The van der Waals surface area contributed by atoms with Crippen LogP contribution < -0.4 is 34.9 Å². The van der Waals surface area contributed by atoms with Gasteiger partial charge < -0.3 is 39.2 Å². The van der Waals surface area contributed by atoms with Crippen molar-refractivity contribution in [3.8, 4) is 23.3 Å². The van der Waals surface area contributed by atoms with Crippen molar-refractivity contribution in [3.05, 3.63) is 97.9 Å². The van der Waals surface area contributed by atoms with Gasteiger partial charge in [0.1, 0.15) is 17.1 Å². The van der Waals surface area contributed by atoms with Crippen molar-refractivity contribution in [2.24, 2.45) is 0 Å². The van der Waals surface area contributed by atoms with Gasteiger partial charge in [-0.2, -0.15) is 46.5 Å². The molecule has 0 radical (unpaired) electrons. The van der Waals surface area contributed by atoms with Crippen molar-refractivity contribution >= 4 is 80.6 Å². The molecule has 73 heavy (non-hydrogen) atoms. The van der Waals surface area contributed by atoms with Crippen LogP contribution in [0.25, 0.3) is 0 Å². The number of hydrogen-bond acceptors (Lipinski definition) is 21. The standard InChI is InChI=1S/C19H15ClF3NO7.C15H18N6O6S.C8H14ClN5/c1-3-29-17(25)10(2)30-18(26)13-9-12(5-6-15(13)24(27)28)31-16-7-4-11(8-14(16)20)19(21,22)23;1-21(2)13(22)9-6-5-7-16-12(9)28(24,25)20-15(23)19-14-17-10(26-3)8-11(18-14)27-4;1-4-10-7-12-6(9)13-8(14-7)11-5(2)3/h4-10H,3H2,1-2H3;5-8H,1-4H3,(H2,17,18,19,20,23);5H,4H2,1-3H3,(H2,10,11,12,13,14). The molecule has 3 heterocycles. The van der Waals surface area contributed by atoms with Gasteiger partial charge in [-0.15, -0.1) is 0 Å². The number of halogens is 5. The molecule has 3 aromatic heterocycles. The van der Waals surface area contributed by atoms with E-state index in [0.717, 1.165) is 36.9 Å². The Morgan fingerprint density at radius 2 is 1.51 bits per heavy atom. The second-order valence-electron chi connectivity index (χ2n) is 14.5. The molecule has 0 bridgehead atoms. The van der Waals surface area contributed by atoms with Crippen LogP contribution in [0.4, 0.5) is 41.5 Å². The number of ether oxygens (including phenoxy) is 5. The van der Waals surface area contributed by atoms with Crippen LogP contribution in [0, 0.1) is 10.1 Å². The zero-order chi connectivity index (χ0) is 54.8. The Bertz CT molecular complexity index is 2870. The Hall–Kier alpha value is -7.92. The third-order valence-corrected chi connectivity index (χ3v) is 10.1. The van der Waals surface area contributed by atoms with Crippen LogP contribution >= 0.6 is 23.2 Å². The number of benzene rings is 2. The van der Waals surface area contributed by atoms with Gasteiger partial charge in [-0.05, 0) is 82.6 Å². The van der Waals surface area contributed by atoms with E-state index in [1.54, 1.807) is 11.6 Å². The van der Waals surface area contributed by atoms with Crippen LogP contribution in [0.5, 0.6) is 23.3 Å². The molecule has 394 valence electrons. The second kappa shape index (κ2) is 27.1. The summed E-state index contributed by atoms with van der Waals surface area (Å²) in [6.45, 7) is 9.54. The lowest BCUT2D eigenvalue weighted by Gasteiger charge is -2.14. The third-order valence-electron chi connectivity index (χ3n) is 8.35. The first-order valence-corrected chi connectivity index (χ1v) is 23.1. The van der Waals surface area contributed by atoms with Crippen LogP contribution in [-0.2, 0) is 30.5 Å². The van der Waals surface area contributed by atoms with Crippen molar-refractivity contribution in [1.29, 1.82) is 0 Å². The Balaban J connectivity index is 0.000000308. The number of sulfonamides is 1. The van der Waals surface area contributed by atoms with Crippen LogP contribution in [-0.4, -0.2) is 126 Å². The van der Waals surface area contributed by atoms with Gasteiger partial charge in [-0.3, -0.25) is 20.2 Å². The van der Waals surface area contributed by atoms with Crippen LogP contribution in [0.2, 0.25) is 10.3 Å². The monoisotopic (exact) mass is 1090 g/mol. The first-order chi connectivity index (χ1) is 34.2. The molecular formula is C42H47Cl2F3N12O13S. The number of nitrogens with one attached hydrogen (secondary N) is 4. The van der Waals surface area contributed by atoms with Crippen molar-refractivity contribution < 1.29 is 69.4 Å². The number of nitrogens with zero attached hydrogens (tertiary/aromatic N) is 8. The van der Waals surface area contributed by atoms with E-state index in [-0.39, 0.29) is 57.7 Å². The lowest BCUT2D eigenvalue weighted by molar-refractivity contribution is -0.385. The molecule has 0 saturated heterocycles. The summed E-state index contributed by atoms with van der Waals surface area (Å²) in [5.41, 5.74) is -2.36. The lowest BCUT2D eigenvalue weighted by atomic mass is 10.1. The largest absolute Gasteiger partial charge is 0.481 e. The van der Waals surface area contributed by atoms with Crippen molar-refractivity contribution in [3.63, 3.8) is 0 Å². The number of alkyl halides is 3. The molecule has 3 amide bonds. The molecule has 0 aliphatic heterocycles. The Morgan fingerprint density at radius 3 is 2.05 bits per heavy atom. The predicted octanol–water partition coefficient (Wildman–Crippen LogP) is 7.05. The van der Waals surface area contributed by atoms with Gasteiger partial charge in [0.15, 0.2) is 11.1 Å². The highest BCUT2D eigenvalue weighted by atomic mass is 35.5. The number of carbonyl (C=O) groups excluding carboxylic acids is 4. The maximum Gasteiger partial charge on any atom is 0.416 e. The maximum absolute atomic E-state index is 12.8. The first kappa shape index (κ1) is 59.4. The number of urea groups is 1. The molecular weight excluding hydrogens is 1040 g/mol. The van der Waals surface area contributed by atoms with Gasteiger partial charge in [0.25, 0.3) is 21.6 Å². The molecule has 4 N–H and O–H groups in total. The SMILES string of the molecule is CCNc1nc(Cl)nc(NC(C)C)n1.CCOC(=O)C(C)OC(=O)c1cc(Oc2ccc(C(F)(F)F)cc2Cl)ccc1[N+](=O)[O-].COc1cc(OC)nc(NC(=O)NS(=O)(=O)c2ncccc2C(=O)N(C)C)n1. The number of nitro groups is 1. The minimum Gasteiger partial charge on any atom is -0.481 e. The molecule has 0 aliphatic carbocycles. The molecule has 0 saturated carbocycles. The summed E-state index contributed by atoms with van der Waals surface area (Å²) in [5.74, 6) is -2.03. The smallest absolute Gasteiger partial charge is 0.416 e. The van der Waals surface area contributed by atoms with Crippen LogP contribution in [0.1, 0.15) is 60.9 Å². The van der Waals surface area contributed by atoms with E-state index in [9.17, 15) is 50.9 Å². The summed E-state index contributed by atoms with van der Waals surface area (Å²) in [6.07, 6.45) is -4.75. The zero-order valence-electron chi connectivity index (χ0n) is 40.0. The molecule has 5 aromatic rings. The van der Waals surface area contributed by atoms with Gasteiger partial charge in [-0.25, -0.2) is 24.1 Å². The summed E-state index contributed by atoms with van der Waals surface area (Å²) in [4.78, 5) is 83.3. The zero-order valence-corrected chi connectivity index (χ0v) is 42.4. The van der Waals surface area contributed by atoms with Gasteiger partial charge >= 0.3 is 24.1 Å². The molecule has 1 atom stereocenters. The van der Waals surface area contributed by atoms with E-state index >= 15 is 0 Å². The third kappa shape index (κ3) is 18.3. The summed E-state index contributed by atoms with van der Waals surface area (Å²) >= 11 is 11.6. The average molecular weight is 1090 g/mol. The van der Waals surface area contributed by atoms with Crippen LogP contribution in [0.15, 0.2) is 65.8 Å². The summed E-state index contributed by atoms with van der Waals surface area (Å²) < 4.78 is 89.9. The molecule has 0 aliphatic rings. The number of carbonyl (C=O) groups is 4. The van der Waals surface area contributed by atoms with Gasteiger partial charge in [0, 0.05) is 45.0 Å². The quantitative estimate of drug-likeness (QED) is 0.0412. The summed E-state index contributed by atoms with van der Waals surface area (Å²) in [6, 6.07) is 8.54. The number of anilines is 3. The van der Waals surface area contributed by atoms with E-state index in [1.165, 1.54) is 64.5 Å². The average Bonchev–Trinajstić information content (AvgIpc) is 3.31. The maximum atomic E-state index is 12.8. The van der Waals surface area contributed by atoms with E-state index in [1.807, 2.05) is 20.8 Å². The number of aromatic nitrogens is 6. The highest BCUT2D eigenvalue weighted by Crippen LogP contribution is 2.37. The summed E-state index contributed by atoms with van der Waals surface area (Å²) in [5, 5.41) is 18.7. The number of esters is 2. The number of nitro benzene ring substituents is 1. The molecule has 0 fully saturated rings. The fraction of sp³-hybridized carbons (Fsp3) is 0.333. The molecule has 31 heteroatoms. The van der Waals surface area contributed by atoms with Crippen molar-refractivity contribution in [2.45, 2.75) is 58.0 Å². The molecule has 1 unspecified atom stereocenters. The molecule has 5 rings (SSSR count). The normalized spacial score (nSPS) is 11.2. The van der Waals surface area contributed by atoms with E-state index in [2.05, 4.69) is 45.9 Å². The Morgan fingerprint density at radius 1 is 0.863 bits per heavy atom. The number of hydrogen-bond donors (Lipinski definition) is 4. The molecule has 0 spiro atoms. The van der Waals surface area contributed by atoms with E-state index < -0.39 is 72.9 Å². The number of amides is 3. The van der Waals surface area contributed by atoms with Gasteiger partial charge in [0.2, 0.25) is 34.9 Å². The number of pyridine rings is 1. The van der Waals surface area contributed by atoms with Gasteiger partial charge in [-0.1, -0.05) is 11.6 Å². The number of rotatable bonds is 17. The minimum absolute atomic E-state index is 0.0398. The molecule has 25 nitrogen and oxygen atoms in total. The van der Waals surface area contributed by atoms with Crippen LogP contribution in [0.3, 0.4) is 0 Å². The van der Waals surface area contributed by atoms with Gasteiger partial charge in [0.05, 0.1) is 48.0 Å². The number of methoxy groups -OCH3 is 2. The van der Waals surface area contributed by atoms with Crippen molar-refractivity contribution in [2.75, 3.05) is 57.4 Å². The lowest BCUT2D eigenvalue weighted by Crippen LogP contribution is -2.36. The first-order valence-electron chi connectivity index (χ1n) is 20.8. The highest BCUT2D eigenvalue weighted by Gasteiger charge is 2.32. The van der Waals surface area contributed by atoms with E-state index in [4.69, 9.17) is 46.9 Å². The fourth-order valence-electron chi connectivity index (χ4n) is 5.21. The highest BCUT2D eigenvalue weighted by molar-refractivity contribution is 7.90. The van der Waals surface area contributed by atoms with Crippen molar-refractivity contribution in [1.82, 2.24) is 39.5 Å².